The molecule has 2 amide bonds. The van der Waals surface area contributed by atoms with Crippen LogP contribution in [0.15, 0.2) is 53.4 Å². The van der Waals surface area contributed by atoms with E-state index in [-0.39, 0.29) is 17.1 Å². The topological polar surface area (TPSA) is 46.6 Å². The molecule has 0 N–H and O–H groups in total. The third-order valence-corrected chi connectivity index (χ3v) is 5.23. The van der Waals surface area contributed by atoms with Crippen LogP contribution >= 0.6 is 11.8 Å². The van der Waals surface area contributed by atoms with Gasteiger partial charge in [-0.2, -0.15) is 0 Å². The van der Waals surface area contributed by atoms with Gasteiger partial charge in [0.1, 0.15) is 5.75 Å². The molecule has 0 aliphatic carbocycles. The molecule has 0 spiro atoms. The molecule has 0 radical (unpaired) electrons. The van der Waals surface area contributed by atoms with Crippen LogP contribution in [0.5, 0.6) is 5.75 Å². The number of nitrogens with zero attached hydrogens (tertiary/aromatic N) is 1. The maximum Gasteiger partial charge on any atom is 0.272 e. The Morgan fingerprint density at radius 1 is 0.963 bits per heavy atom. The normalized spacial score (nSPS) is 14.5. The Hall–Kier alpha value is -2.53. The number of rotatable bonds is 6. The average molecular weight is 381 g/mol. The summed E-state index contributed by atoms with van der Waals surface area (Å²) in [5.41, 5.74) is 2.91. The Bertz CT molecular complexity index is 883. The lowest BCUT2D eigenvalue weighted by Gasteiger charge is -2.16. The van der Waals surface area contributed by atoms with Gasteiger partial charge in [0.2, 0.25) is 0 Å². The van der Waals surface area contributed by atoms with E-state index in [1.54, 1.807) is 24.3 Å². The number of hydrogen-bond acceptors (Lipinski definition) is 4. The molecule has 1 aliphatic heterocycles. The lowest BCUT2D eigenvalue weighted by molar-refractivity contribution is -0.119. The molecule has 27 heavy (non-hydrogen) atoms. The van der Waals surface area contributed by atoms with Crippen LogP contribution in [0.1, 0.15) is 31.9 Å². The molecule has 0 bridgehead atoms. The van der Waals surface area contributed by atoms with Crippen LogP contribution in [-0.2, 0) is 9.59 Å². The Kier molecular flexibility index (Phi) is 5.71. The van der Waals surface area contributed by atoms with Crippen LogP contribution in [0.2, 0.25) is 0 Å². The number of carbonyl (C=O) groups is 2. The summed E-state index contributed by atoms with van der Waals surface area (Å²) in [6.45, 7) is 8.50. The summed E-state index contributed by atoms with van der Waals surface area (Å²) in [5, 5.41) is 0.192. The van der Waals surface area contributed by atoms with Crippen LogP contribution in [0, 0.1) is 6.92 Å². The smallest absolute Gasteiger partial charge is 0.272 e. The second-order valence-electron chi connectivity index (χ2n) is 6.61. The van der Waals surface area contributed by atoms with Gasteiger partial charge < -0.3 is 4.74 Å². The molecule has 0 atom stereocenters. The minimum Gasteiger partial charge on any atom is -0.494 e. The summed E-state index contributed by atoms with van der Waals surface area (Å²) in [4.78, 5) is 28.1. The second-order valence-corrected chi connectivity index (χ2v) is 8.20. The highest BCUT2D eigenvalue weighted by Gasteiger charge is 2.40. The largest absolute Gasteiger partial charge is 0.494 e. The third-order valence-electron chi connectivity index (χ3n) is 4.14. The monoisotopic (exact) mass is 381 g/mol. The fourth-order valence-electron chi connectivity index (χ4n) is 2.92. The van der Waals surface area contributed by atoms with E-state index in [1.165, 1.54) is 16.7 Å². The van der Waals surface area contributed by atoms with Gasteiger partial charge in [0, 0.05) is 5.25 Å². The highest BCUT2D eigenvalue weighted by Crippen LogP contribution is 2.40. The predicted molar refractivity (Wildman–Crippen MR) is 111 cm³/mol. The predicted octanol–water partition coefficient (Wildman–Crippen LogP) is 4.82. The second kappa shape index (κ2) is 8.01. The van der Waals surface area contributed by atoms with Crippen LogP contribution < -0.4 is 9.64 Å². The first-order valence-corrected chi connectivity index (χ1v) is 9.90. The zero-order valence-electron chi connectivity index (χ0n) is 16.0. The molecule has 140 valence electrons. The molecule has 3 rings (SSSR count). The third kappa shape index (κ3) is 3.93. The number of amides is 2. The molecule has 5 heteroatoms. The first kappa shape index (κ1) is 19.2. The van der Waals surface area contributed by atoms with E-state index >= 15 is 0 Å². The van der Waals surface area contributed by atoms with Gasteiger partial charge in [-0.25, -0.2) is 4.90 Å². The van der Waals surface area contributed by atoms with Crippen molar-refractivity contribution in [3.05, 3.63) is 64.6 Å². The van der Waals surface area contributed by atoms with E-state index < -0.39 is 0 Å². The van der Waals surface area contributed by atoms with Crippen molar-refractivity contribution < 1.29 is 14.3 Å². The van der Waals surface area contributed by atoms with E-state index in [4.69, 9.17) is 4.74 Å². The SMILES string of the molecule is CCOc1ccc(N2C(=O)C(SC(C)C)=C(c3ccc(C)cc3)C2=O)cc1. The molecule has 4 nitrogen and oxygen atoms in total. The van der Waals surface area contributed by atoms with Crippen LogP contribution in [0.25, 0.3) is 5.57 Å². The molecular formula is C22H23NO3S. The number of thioether (sulfide) groups is 1. The fraction of sp³-hybridized carbons (Fsp3) is 0.273. The number of aryl methyl sites for hydroxylation is 1. The van der Waals surface area contributed by atoms with Gasteiger partial charge >= 0.3 is 0 Å². The Balaban J connectivity index is 2.02. The number of carbonyl (C=O) groups excluding carboxylic acids is 2. The number of imide groups is 1. The van der Waals surface area contributed by atoms with Crippen LogP contribution in [-0.4, -0.2) is 23.7 Å². The number of hydrogen-bond donors (Lipinski definition) is 0. The highest BCUT2D eigenvalue weighted by molar-refractivity contribution is 8.04. The summed E-state index contributed by atoms with van der Waals surface area (Å²) in [7, 11) is 0. The number of anilines is 1. The van der Waals surface area contributed by atoms with Gasteiger partial charge in [-0.15, -0.1) is 11.8 Å². The molecule has 2 aromatic carbocycles. The summed E-state index contributed by atoms with van der Waals surface area (Å²) in [6.07, 6.45) is 0. The van der Waals surface area contributed by atoms with Gasteiger partial charge in [0.15, 0.2) is 0 Å². The van der Waals surface area contributed by atoms with Gasteiger partial charge in [-0.05, 0) is 43.7 Å². The lowest BCUT2D eigenvalue weighted by atomic mass is 10.0. The molecule has 0 fully saturated rings. The molecule has 1 heterocycles. The highest BCUT2D eigenvalue weighted by atomic mass is 32.2. The quantitative estimate of drug-likeness (QED) is 0.673. The van der Waals surface area contributed by atoms with Crippen LogP contribution in [0.4, 0.5) is 5.69 Å². The standard InChI is InChI=1S/C22H23NO3S/c1-5-26-18-12-10-17(11-13-18)23-21(24)19(16-8-6-15(4)7-9-16)20(22(23)25)27-14(2)3/h6-14H,5H2,1-4H3. The maximum absolute atomic E-state index is 13.2. The zero-order valence-corrected chi connectivity index (χ0v) is 16.8. The Morgan fingerprint density at radius 2 is 1.59 bits per heavy atom. The lowest BCUT2D eigenvalue weighted by Crippen LogP contribution is -2.31. The van der Waals surface area contributed by atoms with E-state index in [0.717, 1.165) is 11.1 Å². The van der Waals surface area contributed by atoms with Crippen molar-refractivity contribution in [2.45, 2.75) is 32.9 Å². The van der Waals surface area contributed by atoms with Crippen molar-refractivity contribution in [2.75, 3.05) is 11.5 Å². The number of benzene rings is 2. The van der Waals surface area contributed by atoms with Crippen molar-refractivity contribution in [3.63, 3.8) is 0 Å². The molecule has 0 saturated heterocycles. The van der Waals surface area contributed by atoms with Gasteiger partial charge in [0.25, 0.3) is 11.8 Å². The van der Waals surface area contributed by atoms with Crippen molar-refractivity contribution in [2.24, 2.45) is 0 Å². The first-order valence-electron chi connectivity index (χ1n) is 9.02. The molecule has 2 aromatic rings. The zero-order chi connectivity index (χ0) is 19.6. The molecule has 0 unspecified atom stereocenters. The maximum atomic E-state index is 13.2. The fourth-order valence-corrected chi connectivity index (χ4v) is 3.91. The Morgan fingerprint density at radius 3 is 2.15 bits per heavy atom. The van der Waals surface area contributed by atoms with E-state index in [0.29, 0.717) is 28.5 Å². The number of ether oxygens (including phenoxy) is 1. The van der Waals surface area contributed by atoms with Gasteiger partial charge in [-0.1, -0.05) is 43.7 Å². The summed E-state index contributed by atoms with van der Waals surface area (Å²) in [6, 6.07) is 14.8. The van der Waals surface area contributed by atoms with Gasteiger partial charge in [-0.3, -0.25) is 9.59 Å². The molecule has 1 aliphatic rings. The summed E-state index contributed by atoms with van der Waals surface area (Å²) in [5.74, 6) is 0.165. The average Bonchev–Trinajstić information content (AvgIpc) is 2.87. The van der Waals surface area contributed by atoms with Crippen molar-refractivity contribution >= 4 is 34.8 Å². The molecular weight excluding hydrogens is 358 g/mol. The van der Waals surface area contributed by atoms with Crippen molar-refractivity contribution in [3.8, 4) is 5.75 Å². The Labute approximate surface area is 164 Å². The minimum absolute atomic E-state index is 0.192. The summed E-state index contributed by atoms with van der Waals surface area (Å²) >= 11 is 1.43. The summed E-state index contributed by atoms with van der Waals surface area (Å²) < 4.78 is 5.45. The minimum atomic E-state index is -0.281. The molecule has 0 saturated carbocycles. The first-order chi connectivity index (χ1) is 12.9. The molecule has 0 aromatic heterocycles. The van der Waals surface area contributed by atoms with Crippen molar-refractivity contribution in [1.29, 1.82) is 0 Å². The van der Waals surface area contributed by atoms with E-state index in [9.17, 15) is 9.59 Å². The van der Waals surface area contributed by atoms with E-state index in [1.807, 2.05) is 52.0 Å². The van der Waals surface area contributed by atoms with Crippen molar-refractivity contribution in [1.82, 2.24) is 0 Å². The van der Waals surface area contributed by atoms with E-state index in [2.05, 4.69) is 0 Å². The van der Waals surface area contributed by atoms with Crippen LogP contribution in [0.3, 0.4) is 0 Å². The van der Waals surface area contributed by atoms with Gasteiger partial charge in [0.05, 0.1) is 22.8 Å².